The average Bonchev–Trinajstić information content (AvgIpc) is 3.02. The molecule has 2 fully saturated rings. The van der Waals surface area contributed by atoms with Crippen molar-refractivity contribution in [1.29, 1.82) is 0 Å². The second-order valence-corrected chi connectivity index (χ2v) is 7.36. The number of carbonyl (C=O) groups excluding carboxylic acids is 1. The van der Waals surface area contributed by atoms with Crippen LogP contribution in [-0.2, 0) is 4.79 Å². The SMILES string of the molecule is COc1cccc(N2C(=O)/C(=C/c3ccc(N4CCCCC4)cc3)NC2=S)c1. The van der Waals surface area contributed by atoms with Crippen molar-refractivity contribution in [3.8, 4) is 5.75 Å². The van der Waals surface area contributed by atoms with Crippen LogP contribution in [0.1, 0.15) is 24.8 Å². The zero-order valence-electron chi connectivity index (χ0n) is 15.9. The van der Waals surface area contributed by atoms with E-state index < -0.39 is 0 Å². The molecular formula is C22H23N3O2S. The molecule has 2 aliphatic heterocycles. The van der Waals surface area contributed by atoms with Gasteiger partial charge in [-0.3, -0.25) is 9.69 Å². The van der Waals surface area contributed by atoms with Crippen LogP contribution < -0.4 is 19.9 Å². The van der Waals surface area contributed by atoms with E-state index in [0.717, 1.165) is 18.7 Å². The van der Waals surface area contributed by atoms with Gasteiger partial charge in [0.1, 0.15) is 11.4 Å². The highest BCUT2D eigenvalue weighted by molar-refractivity contribution is 7.80. The largest absolute Gasteiger partial charge is 0.497 e. The summed E-state index contributed by atoms with van der Waals surface area (Å²) in [5, 5.41) is 3.40. The smallest absolute Gasteiger partial charge is 0.281 e. The highest BCUT2D eigenvalue weighted by atomic mass is 32.1. The van der Waals surface area contributed by atoms with Crippen molar-refractivity contribution in [3.63, 3.8) is 0 Å². The third-order valence-corrected chi connectivity index (χ3v) is 5.40. The third kappa shape index (κ3) is 3.73. The van der Waals surface area contributed by atoms with Crippen LogP contribution in [0, 0.1) is 0 Å². The minimum Gasteiger partial charge on any atom is -0.497 e. The number of methoxy groups -OCH3 is 1. The lowest BCUT2D eigenvalue weighted by atomic mass is 10.1. The van der Waals surface area contributed by atoms with E-state index in [0.29, 0.717) is 22.2 Å². The van der Waals surface area contributed by atoms with E-state index in [-0.39, 0.29) is 5.91 Å². The van der Waals surface area contributed by atoms with E-state index in [4.69, 9.17) is 17.0 Å². The summed E-state index contributed by atoms with van der Waals surface area (Å²) in [7, 11) is 1.60. The molecule has 0 unspecified atom stereocenters. The lowest BCUT2D eigenvalue weighted by molar-refractivity contribution is -0.113. The van der Waals surface area contributed by atoms with Gasteiger partial charge in [-0.25, -0.2) is 0 Å². The second kappa shape index (κ2) is 8.02. The highest BCUT2D eigenvalue weighted by Gasteiger charge is 2.32. The van der Waals surface area contributed by atoms with Crippen LogP contribution in [0.25, 0.3) is 6.08 Å². The first-order valence-corrected chi connectivity index (χ1v) is 9.93. The Morgan fingerprint density at radius 2 is 1.79 bits per heavy atom. The fourth-order valence-electron chi connectivity index (χ4n) is 3.62. The summed E-state index contributed by atoms with van der Waals surface area (Å²) in [5.41, 5.74) is 3.36. The number of anilines is 2. The minimum absolute atomic E-state index is 0.168. The number of nitrogens with one attached hydrogen (secondary N) is 1. The Morgan fingerprint density at radius 3 is 2.50 bits per heavy atom. The number of benzene rings is 2. The number of hydrogen-bond acceptors (Lipinski definition) is 4. The molecule has 0 radical (unpaired) electrons. The first-order valence-electron chi connectivity index (χ1n) is 9.52. The molecule has 5 nitrogen and oxygen atoms in total. The Balaban J connectivity index is 1.53. The van der Waals surface area contributed by atoms with Crippen molar-refractivity contribution in [2.75, 3.05) is 30.0 Å². The number of rotatable bonds is 4. The minimum atomic E-state index is -0.168. The predicted octanol–water partition coefficient (Wildman–Crippen LogP) is 3.95. The van der Waals surface area contributed by atoms with Crippen LogP contribution in [0.15, 0.2) is 54.2 Å². The Bertz CT molecular complexity index is 918. The lowest BCUT2D eigenvalue weighted by Gasteiger charge is -2.28. The van der Waals surface area contributed by atoms with Crippen LogP contribution in [0.4, 0.5) is 11.4 Å². The number of ether oxygens (including phenoxy) is 1. The third-order valence-electron chi connectivity index (χ3n) is 5.12. The van der Waals surface area contributed by atoms with Crippen LogP contribution in [0.5, 0.6) is 5.75 Å². The van der Waals surface area contributed by atoms with Crippen LogP contribution in [-0.4, -0.2) is 31.2 Å². The quantitative estimate of drug-likeness (QED) is 0.630. The molecule has 1 N–H and O–H groups in total. The summed E-state index contributed by atoms with van der Waals surface area (Å²) in [6.07, 6.45) is 5.66. The molecule has 0 aromatic heterocycles. The maximum Gasteiger partial charge on any atom is 0.281 e. The summed E-state index contributed by atoms with van der Waals surface area (Å²) in [6.45, 7) is 2.23. The molecule has 4 rings (SSSR count). The molecule has 6 heteroatoms. The topological polar surface area (TPSA) is 44.8 Å². The van der Waals surface area contributed by atoms with Gasteiger partial charge in [-0.05, 0) is 67.4 Å². The van der Waals surface area contributed by atoms with Gasteiger partial charge in [-0.1, -0.05) is 18.2 Å². The first kappa shape index (κ1) is 18.5. The fraction of sp³-hybridized carbons (Fsp3) is 0.273. The summed E-state index contributed by atoms with van der Waals surface area (Å²) >= 11 is 5.38. The van der Waals surface area contributed by atoms with Crippen molar-refractivity contribution in [2.45, 2.75) is 19.3 Å². The van der Waals surface area contributed by atoms with E-state index in [2.05, 4.69) is 22.3 Å². The maximum atomic E-state index is 12.9. The summed E-state index contributed by atoms with van der Waals surface area (Å²) in [4.78, 5) is 16.8. The zero-order valence-corrected chi connectivity index (χ0v) is 16.7. The van der Waals surface area contributed by atoms with Gasteiger partial charge in [0.05, 0.1) is 12.8 Å². The Kier molecular flexibility index (Phi) is 5.30. The van der Waals surface area contributed by atoms with Crippen LogP contribution in [0.3, 0.4) is 0 Å². The standard InChI is InChI=1S/C22H23N3O2S/c1-27-19-7-5-6-18(15-19)25-21(26)20(23-22(25)28)14-16-8-10-17(11-9-16)24-12-3-2-4-13-24/h5-11,14-15H,2-4,12-13H2,1H3,(H,23,28)/b20-14-. The molecule has 2 aliphatic rings. The van der Waals surface area contributed by atoms with Gasteiger partial charge in [0.15, 0.2) is 5.11 Å². The van der Waals surface area contributed by atoms with Crippen molar-refractivity contribution in [2.24, 2.45) is 0 Å². The number of nitrogens with zero attached hydrogens (tertiary/aromatic N) is 2. The van der Waals surface area contributed by atoms with Gasteiger partial charge in [-0.15, -0.1) is 0 Å². The van der Waals surface area contributed by atoms with E-state index >= 15 is 0 Å². The molecule has 1 amide bonds. The molecule has 2 aromatic rings. The van der Waals surface area contributed by atoms with Gasteiger partial charge in [-0.2, -0.15) is 0 Å². The predicted molar refractivity (Wildman–Crippen MR) is 117 cm³/mol. The maximum absolute atomic E-state index is 12.9. The van der Waals surface area contributed by atoms with E-state index in [1.165, 1.54) is 29.8 Å². The van der Waals surface area contributed by atoms with Gasteiger partial charge in [0.25, 0.3) is 5.91 Å². The number of piperidine rings is 1. The normalized spacial score (nSPS) is 18.5. The Hall–Kier alpha value is -2.86. The lowest BCUT2D eigenvalue weighted by Crippen LogP contribution is -2.30. The first-order chi connectivity index (χ1) is 13.7. The molecule has 0 atom stereocenters. The highest BCUT2D eigenvalue weighted by Crippen LogP contribution is 2.26. The van der Waals surface area contributed by atoms with Gasteiger partial charge < -0.3 is 15.0 Å². The monoisotopic (exact) mass is 393 g/mol. The fourth-order valence-corrected chi connectivity index (χ4v) is 3.92. The number of hydrogen-bond donors (Lipinski definition) is 1. The summed E-state index contributed by atoms with van der Waals surface area (Å²) in [6, 6.07) is 15.6. The number of thiocarbonyl (C=S) groups is 1. The summed E-state index contributed by atoms with van der Waals surface area (Å²) in [5.74, 6) is 0.511. The average molecular weight is 394 g/mol. The van der Waals surface area contributed by atoms with Crippen LogP contribution >= 0.6 is 12.2 Å². The van der Waals surface area contributed by atoms with Crippen molar-refractivity contribution < 1.29 is 9.53 Å². The second-order valence-electron chi connectivity index (χ2n) is 6.97. The van der Waals surface area contributed by atoms with Gasteiger partial charge in [0.2, 0.25) is 0 Å². The Labute approximate surface area is 170 Å². The summed E-state index contributed by atoms with van der Waals surface area (Å²) < 4.78 is 5.25. The van der Waals surface area contributed by atoms with Gasteiger partial charge in [0, 0.05) is 24.8 Å². The molecule has 0 saturated carbocycles. The molecular weight excluding hydrogens is 370 g/mol. The molecule has 2 heterocycles. The molecule has 2 aromatic carbocycles. The van der Waals surface area contributed by atoms with Gasteiger partial charge >= 0.3 is 0 Å². The number of amides is 1. The molecule has 144 valence electrons. The Morgan fingerprint density at radius 1 is 1.04 bits per heavy atom. The van der Waals surface area contributed by atoms with Crippen LogP contribution in [0.2, 0.25) is 0 Å². The van der Waals surface area contributed by atoms with E-state index in [1.54, 1.807) is 13.2 Å². The van der Waals surface area contributed by atoms with Crippen molar-refractivity contribution in [1.82, 2.24) is 5.32 Å². The zero-order chi connectivity index (χ0) is 19.5. The van der Waals surface area contributed by atoms with E-state index in [1.807, 2.05) is 36.4 Å². The molecule has 0 spiro atoms. The van der Waals surface area contributed by atoms with Crippen molar-refractivity contribution >= 4 is 40.7 Å². The molecule has 0 bridgehead atoms. The number of carbonyl (C=O) groups is 1. The van der Waals surface area contributed by atoms with Crippen molar-refractivity contribution in [3.05, 3.63) is 59.8 Å². The molecule has 28 heavy (non-hydrogen) atoms. The molecule has 2 saturated heterocycles. The molecule has 0 aliphatic carbocycles. The van der Waals surface area contributed by atoms with E-state index in [9.17, 15) is 4.79 Å².